The third kappa shape index (κ3) is 5.14. The van der Waals surface area contributed by atoms with Gasteiger partial charge in [-0.1, -0.05) is 51.1 Å². The molecule has 6 nitrogen and oxygen atoms in total. The van der Waals surface area contributed by atoms with Crippen molar-refractivity contribution in [3.05, 3.63) is 35.9 Å². The quantitative estimate of drug-likeness (QED) is 0.491. The number of aliphatic hydroxyl groups excluding tert-OH is 1. The van der Waals surface area contributed by atoms with Crippen molar-refractivity contribution in [2.45, 2.75) is 108 Å². The summed E-state index contributed by atoms with van der Waals surface area (Å²) < 4.78 is 31.8. The lowest BCUT2D eigenvalue weighted by Crippen LogP contribution is -2.48. The van der Waals surface area contributed by atoms with Gasteiger partial charge in [0.1, 0.15) is 11.7 Å². The van der Waals surface area contributed by atoms with Gasteiger partial charge in [0.2, 0.25) is 0 Å². The number of hydrogen-bond acceptors (Lipinski definition) is 6. The minimum absolute atomic E-state index is 0.0120. The van der Waals surface area contributed by atoms with Gasteiger partial charge >= 0.3 is 0 Å². The van der Waals surface area contributed by atoms with Gasteiger partial charge in [-0.25, -0.2) is 0 Å². The van der Waals surface area contributed by atoms with Crippen LogP contribution < -0.4 is 0 Å². The number of epoxide rings is 1. The lowest BCUT2D eigenvalue weighted by atomic mass is 9.98. The zero-order valence-electron chi connectivity index (χ0n) is 20.4. The second-order valence-electron chi connectivity index (χ2n) is 11.3. The van der Waals surface area contributed by atoms with Crippen LogP contribution in [0.2, 0.25) is 18.1 Å². The molecule has 0 aromatic heterocycles. The smallest absolute Gasteiger partial charge is 0.192 e. The summed E-state index contributed by atoms with van der Waals surface area (Å²) >= 11 is 0. The van der Waals surface area contributed by atoms with E-state index in [1.165, 1.54) is 0 Å². The molecule has 1 aromatic rings. The van der Waals surface area contributed by atoms with Crippen LogP contribution in [0.15, 0.2) is 30.3 Å². The summed E-state index contributed by atoms with van der Waals surface area (Å²) in [6, 6.07) is 10.1. The van der Waals surface area contributed by atoms with E-state index in [0.29, 0.717) is 13.0 Å². The molecule has 3 aliphatic rings. The van der Waals surface area contributed by atoms with Crippen LogP contribution >= 0.6 is 0 Å². The van der Waals surface area contributed by atoms with Crippen molar-refractivity contribution in [1.82, 2.24) is 0 Å². The number of ether oxygens (including phenoxy) is 4. The molecule has 7 atom stereocenters. The molecule has 32 heavy (non-hydrogen) atoms. The van der Waals surface area contributed by atoms with E-state index in [4.69, 9.17) is 23.4 Å². The van der Waals surface area contributed by atoms with E-state index in [2.05, 4.69) is 33.9 Å². The molecule has 3 fully saturated rings. The van der Waals surface area contributed by atoms with Gasteiger partial charge in [0.15, 0.2) is 14.6 Å². The fourth-order valence-corrected chi connectivity index (χ4v) is 5.78. The van der Waals surface area contributed by atoms with Gasteiger partial charge in [0.05, 0.1) is 37.6 Å². The first kappa shape index (κ1) is 24.3. The van der Waals surface area contributed by atoms with Gasteiger partial charge in [-0.05, 0) is 37.9 Å². The van der Waals surface area contributed by atoms with Crippen molar-refractivity contribution in [1.29, 1.82) is 0 Å². The van der Waals surface area contributed by atoms with Crippen LogP contribution in [0.4, 0.5) is 0 Å². The molecule has 0 radical (unpaired) electrons. The minimum Gasteiger partial charge on any atom is -0.411 e. The van der Waals surface area contributed by atoms with Gasteiger partial charge in [-0.3, -0.25) is 0 Å². The third-order valence-corrected chi connectivity index (χ3v) is 12.2. The second-order valence-corrected chi connectivity index (χ2v) is 16.0. The number of fused-ring (bicyclic) bond motifs is 1. The average molecular weight is 465 g/mol. The second kappa shape index (κ2) is 9.10. The Balaban J connectivity index is 1.50. The maximum Gasteiger partial charge on any atom is 0.192 e. The Kier molecular flexibility index (Phi) is 6.91. The molecule has 180 valence electrons. The molecule has 1 N–H and O–H groups in total. The Bertz CT molecular complexity index is 765. The zero-order chi connectivity index (χ0) is 23.1. The van der Waals surface area contributed by atoms with Crippen LogP contribution in [0, 0.1) is 0 Å². The lowest BCUT2D eigenvalue weighted by molar-refractivity contribution is -0.270. The van der Waals surface area contributed by atoms with Gasteiger partial charge < -0.3 is 28.5 Å². The molecule has 4 rings (SSSR count). The summed E-state index contributed by atoms with van der Waals surface area (Å²) in [5, 5.41) is 9.79. The molecule has 0 aliphatic carbocycles. The summed E-state index contributed by atoms with van der Waals surface area (Å²) in [6.45, 7) is 13.8. The van der Waals surface area contributed by atoms with Crippen molar-refractivity contribution in [2.75, 3.05) is 13.2 Å². The molecule has 0 saturated carbocycles. The Morgan fingerprint density at radius 3 is 2.44 bits per heavy atom. The maximum absolute atomic E-state index is 9.67. The van der Waals surface area contributed by atoms with Crippen molar-refractivity contribution in [2.24, 2.45) is 0 Å². The van der Waals surface area contributed by atoms with Crippen LogP contribution in [0.25, 0.3) is 0 Å². The summed E-state index contributed by atoms with van der Waals surface area (Å²) in [5.41, 5.74) is 0.570. The van der Waals surface area contributed by atoms with Crippen molar-refractivity contribution < 1.29 is 28.5 Å². The van der Waals surface area contributed by atoms with E-state index in [0.717, 1.165) is 18.4 Å². The highest BCUT2D eigenvalue weighted by Crippen LogP contribution is 2.44. The van der Waals surface area contributed by atoms with E-state index >= 15 is 0 Å². The van der Waals surface area contributed by atoms with Gasteiger partial charge in [-0.2, -0.15) is 0 Å². The molecule has 0 bridgehead atoms. The van der Waals surface area contributed by atoms with E-state index in [9.17, 15) is 5.11 Å². The van der Waals surface area contributed by atoms with Crippen LogP contribution in [0.5, 0.6) is 0 Å². The van der Waals surface area contributed by atoms with Crippen LogP contribution in [0.1, 0.15) is 58.8 Å². The monoisotopic (exact) mass is 464 g/mol. The number of benzene rings is 1. The molecule has 7 heteroatoms. The summed E-state index contributed by atoms with van der Waals surface area (Å²) in [4.78, 5) is 0. The Hall–Kier alpha value is -0.803. The highest BCUT2D eigenvalue weighted by molar-refractivity contribution is 6.74. The Morgan fingerprint density at radius 1 is 1.09 bits per heavy atom. The summed E-state index contributed by atoms with van der Waals surface area (Å²) in [6.07, 6.45) is 1.79. The van der Waals surface area contributed by atoms with E-state index in [-0.39, 0.29) is 48.5 Å². The third-order valence-electron chi connectivity index (χ3n) is 7.74. The lowest BCUT2D eigenvalue weighted by Gasteiger charge is -2.41. The van der Waals surface area contributed by atoms with Crippen molar-refractivity contribution in [3.63, 3.8) is 0 Å². The predicted molar refractivity (Wildman–Crippen MR) is 125 cm³/mol. The molecule has 0 unspecified atom stereocenters. The molecule has 1 aromatic carbocycles. The van der Waals surface area contributed by atoms with E-state index in [1.54, 1.807) is 0 Å². The first-order chi connectivity index (χ1) is 15.0. The fraction of sp³-hybridized carbons (Fsp3) is 0.760. The average Bonchev–Trinajstić information content (AvgIpc) is 3.44. The summed E-state index contributed by atoms with van der Waals surface area (Å²) in [7, 11) is -1.99. The summed E-state index contributed by atoms with van der Waals surface area (Å²) in [5.74, 6) is 0. The molecule has 0 amide bonds. The molecule has 3 heterocycles. The first-order valence-electron chi connectivity index (χ1n) is 12.0. The molecule has 3 aliphatic heterocycles. The zero-order valence-corrected chi connectivity index (χ0v) is 21.4. The number of rotatable bonds is 6. The highest BCUT2D eigenvalue weighted by Gasteiger charge is 2.54. The highest BCUT2D eigenvalue weighted by atomic mass is 28.4. The van der Waals surface area contributed by atoms with Crippen molar-refractivity contribution >= 4 is 8.32 Å². The van der Waals surface area contributed by atoms with Crippen LogP contribution in [-0.4, -0.2) is 62.8 Å². The van der Waals surface area contributed by atoms with Crippen LogP contribution in [0.3, 0.4) is 0 Å². The predicted octanol–water partition coefficient (Wildman–Crippen LogP) is 4.58. The van der Waals surface area contributed by atoms with E-state index in [1.807, 2.05) is 37.3 Å². The Morgan fingerprint density at radius 2 is 1.81 bits per heavy atom. The van der Waals surface area contributed by atoms with Gasteiger partial charge in [0.25, 0.3) is 0 Å². The van der Waals surface area contributed by atoms with E-state index < -0.39 is 13.9 Å². The first-order valence-corrected chi connectivity index (χ1v) is 14.9. The molecular formula is C25H40O6Si. The number of aliphatic hydroxyl groups is 1. The SMILES string of the molecule is CC(C)(C)[Si](C)(C)O[C@@H]1CC[C@@H]2O[C@H](c3ccccc3)OC[C@H]2O[C@H]1C[C@H]1O[C@]1(C)CO. The molecule has 0 spiro atoms. The Labute approximate surface area is 193 Å². The van der Waals surface area contributed by atoms with Crippen molar-refractivity contribution in [3.8, 4) is 0 Å². The molecule has 3 saturated heterocycles. The fourth-order valence-electron chi connectivity index (χ4n) is 4.40. The minimum atomic E-state index is -1.99. The van der Waals surface area contributed by atoms with Crippen LogP contribution in [-0.2, 0) is 23.4 Å². The van der Waals surface area contributed by atoms with Gasteiger partial charge in [0, 0.05) is 12.0 Å². The van der Waals surface area contributed by atoms with Gasteiger partial charge in [-0.15, -0.1) is 0 Å². The maximum atomic E-state index is 9.67. The molecular weight excluding hydrogens is 424 g/mol. The number of hydrogen-bond donors (Lipinski definition) is 1. The topological polar surface area (TPSA) is 69.7 Å². The normalized spacial score (nSPS) is 38.1. The standard InChI is InChI=1S/C25H40O6Si/c1-24(2,3)32(5,6)31-19-13-12-18-21(28-20(19)14-22-25(4,16-26)30-22)15-27-23(29-18)17-10-8-7-9-11-17/h7-11,18-23,26H,12-16H2,1-6H3/t18-,19+,20-,21+,22+,23+,25+/m0/s1. The largest absolute Gasteiger partial charge is 0.411 e.